The maximum atomic E-state index is 12.8. The molecule has 130 valence electrons. The van der Waals surface area contributed by atoms with E-state index in [-0.39, 0.29) is 11.7 Å². The lowest BCUT2D eigenvalue weighted by molar-refractivity contribution is 0.515. The Hall–Kier alpha value is -2.01. The van der Waals surface area contributed by atoms with Crippen LogP contribution in [0.5, 0.6) is 0 Å². The molecule has 1 unspecified atom stereocenters. The molecule has 1 aromatic carbocycles. The molecule has 0 radical (unpaired) electrons. The van der Waals surface area contributed by atoms with Gasteiger partial charge in [0.25, 0.3) is 0 Å². The van der Waals surface area contributed by atoms with Crippen LogP contribution in [0, 0.1) is 11.3 Å². The summed E-state index contributed by atoms with van der Waals surface area (Å²) in [7, 11) is -0.942. The summed E-state index contributed by atoms with van der Waals surface area (Å²) in [6, 6.07) is 11.4. The van der Waals surface area contributed by atoms with Gasteiger partial charge in [0.1, 0.15) is 5.54 Å². The van der Waals surface area contributed by atoms with Crippen LogP contribution >= 0.6 is 22.9 Å². The number of nitrogens with two attached hydrogens (primary N) is 1. The molecule has 3 rings (SSSR count). The summed E-state index contributed by atoms with van der Waals surface area (Å²) >= 11 is 7.89. The van der Waals surface area contributed by atoms with Crippen molar-refractivity contribution >= 4 is 44.5 Å². The van der Waals surface area contributed by atoms with E-state index < -0.39 is 15.2 Å². The van der Waals surface area contributed by atoms with Gasteiger partial charge in [0.05, 0.1) is 31.4 Å². The Bertz CT molecular complexity index is 1020. The molecular weight excluding hydrogens is 376 g/mol. The van der Waals surface area contributed by atoms with E-state index in [1.54, 1.807) is 13.1 Å². The van der Waals surface area contributed by atoms with Crippen LogP contribution in [-0.2, 0) is 15.2 Å². The average molecular weight is 393 g/mol. The normalized spacial score (nSPS) is 26.2. The van der Waals surface area contributed by atoms with Gasteiger partial charge < -0.3 is 5.73 Å². The van der Waals surface area contributed by atoms with Crippen molar-refractivity contribution in [1.29, 1.82) is 5.26 Å². The van der Waals surface area contributed by atoms with Gasteiger partial charge in [0.15, 0.2) is 0 Å². The fourth-order valence-corrected chi connectivity index (χ4v) is 6.00. The van der Waals surface area contributed by atoms with Crippen LogP contribution in [0.3, 0.4) is 0 Å². The first-order valence-electron chi connectivity index (χ1n) is 7.41. The van der Waals surface area contributed by atoms with E-state index in [9.17, 15) is 4.21 Å². The molecule has 25 heavy (non-hydrogen) atoms. The first-order chi connectivity index (χ1) is 11.7. The molecule has 1 aliphatic heterocycles. The fraction of sp³-hybridized carbons (Fsp3) is 0.235. The predicted molar refractivity (Wildman–Crippen MR) is 106 cm³/mol. The fourth-order valence-electron chi connectivity index (χ4n) is 2.82. The quantitative estimate of drug-likeness (QED) is 0.797. The van der Waals surface area contributed by atoms with Gasteiger partial charge in [-0.05, 0) is 36.6 Å². The minimum Gasteiger partial charge on any atom is -0.369 e. The lowest BCUT2D eigenvalue weighted by atomic mass is 9.96. The molecule has 1 aromatic heterocycles. The molecule has 2 atom stereocenters. The molecule has 0 bridgehead atoms. The van der Waals surface area contributed by atoms with Crippen molar-refractivity contribution in [3.63, 3.8) is 0 Å². The summed E-state index contributed by atoms with van der Waals surface area (Å²) in [5.74, 6) is 4.23. The van der Waals surface area contributed by atoms with Crippen molar-refractivity contribution < 1.29 is 4.21 Å². The van der Waals surface area contributed by atoms with E-state index in [0.29, 0.717) is 9.90 Å². The van der Waals surface area contributed by atoms with E-state index in [0.717, 1.165) is 16.0 Å². The summed E-state index contributed by atoms with van der Waals surface area (Å²) < 4.78 is 14.8. The van der Waals surface area contributed by atoms with Gasteiger partial charge in [0, 0.05) is 17.5 Å². The van der Waals surface area contributed by atoms with Crippen molar-refractivity contribution in [2.24, 2.45) is 10.7 Å². The summed E-state index contributed by atoms with van der Waals surface area (Å²) in [6.07, 6.45) is 0. The molecule has 2 N–H and O–H groups in total. The zero-order chi connectivity index (χ0) is 18.4. The molecular formula is C17H17ClN4OS2. The number of hydrogen-bond donors (Lipinski definition) is 1. The lowest BCUT2D eigenvalue weighted by Crippen LogP contribution is -2.50. The van der Waals surface area contributed by atoms with Gasteiger partial charge in [-0.3, -0.25) is 4.31 Å². The third kappa shape index (κ3) is 3.13. The van der Waals surface area contributed by atoms with E-state index in [4.69, 9.17) is 22.6 Å². The Morgan fingerprint density at radius 2 is 2.24 bits per heavy atom. The van der Waals surface area contributed by atoms with E-state index >= 15 is 0 Å². The Morgan fingerprint density at radius 1 is 1.52 bits per heavy atom. The van der Waals surface area contributed by atoms with Crippen LogP contribution in [0.1, 0.15) is 18.1 Å². The highest BCUT2D eigenvalue weighted by Crippen LogP contribution is 2.43. The standard InChI is InChI=1S/C17H17ClN4OS2/c1-17(10-25(3,23)22(2)16(20)21-17)13-8-14(24-15(13)18)12-6-4-5-11(7-12)9-19/h4-8H,3,10H2,1-2H3,(H2,20,21)/t17-,25?/m0/s1. The van der Waals surface area contributed by atoms with Crippen molar-refractivity contribution in [2.45, 2.75) is 12.5 Å². The van der Waals surface area contributed by atoms with Crippen LogP contribution in [-0.4, -0.2) is 33.1 Å². The zero-order valence-corrected chi connectivity index (χ0v) is 16.2. The highest BCUT2D eigenvalue weighted by molar-refractivity contribution is 7.98. The Morgan fingerprint density at radius 3 is 2.88 bits per heavy atom. The molecule has 2 heterocycles. The molecule has 0 amide bonds. The second kappa shape index (κ2) is 6.06. The van der Waals surface area contributed by atoms with Gasteiger partial charge >= 0.3 is 0 Å². The number of nitriles is 1. The first-order valence-corrected chi connectivity index (χ1v) is 10.5. The molecule has 5 nitrogen and oxygen atoms in total. The number of rotatable bonds is 2. The van der Waals surface area contributed by atoms with Crippen LogP contribution in [0.25, 0.3) is 10.4 Å². The number of thiophene rings is 1. The number of halogens is 1. The van der Waals surface area contributed by atoms with E-state index in [2.05, 4.69) is 16.9 Å². The Balaban J connectivity index is 2.11. The summed E-state index contributed by atoms with van der Waals surface area (Å²) in [4.78, 5) is 5.45. The lowest BCUT2D eigenvalue weighted by Gasteiger charge is -2.37. The minimum atomic E-state index is -2.57. The number of hydrogen-bond acceptors (Lipinski definition) is 5. The monoisotopic (exact) mass is 392 g/mol. The Labute approximate surface area is 156 Å². The first kappa shape index (κ1) is 17.8. The molecule has 2 aromatic rings. The van der Waals surface area contributed by atoms with Gasteiger partial charge in [-0.1, -0.05) is 23.7 Å². The van der Waals surface area contributed by atoms with E-state index in [1.807, 2.05) is 31.2 Å². The van der Waals surface area contributed by atoms with E-state index in [1.165, 1.54) is 15.6 Å². The van der Waals surface area contributed by atoms with Crippen LogP contribution < -0.4 is 5.73 Å². The number of nitrogens with zero attached hydrogens (tertiary/aromatic N) is 3. The molecule has 1 aliphatic rings. The van der Waals surface area contributed by atoms with Gasteiger partial charge in [-0.2, -0.15) is 5.26 Å². The summed E-state index contributed by atoms with van der Waals surface area (Å²) in [5, 5.41) is 9.08. The predicted octanol–water partition coefficient (Wildman–Crippen LogP) is 3.05. The number of benzene rings is 1. The molecule has 8 heteroatoms. The van der Waals surface area contributed by atoms with Crippen LogP contribution in [0.2, 0.25) is 4.34 Å². The van der Waals surface area contributed by atoms with Crippen molar-refractivity contribution in [3.05, 3.63) is 45.8 Å². The molecule has 0 saturated carbocycles. The Kier molecular flexibility index (Phi) is 4.31. The summed E-state index contributed by atoms with van der Waals surface area (Å²) in [6.45, 7) is 1.86. The molecule has 0 spiro atoms. The largest absolute Gasteiger partial charge is 0.369 e. The minimum absolute atomic E-state index is 0.184. The SMILES string of the molecule is C=S1(=O)C[C@@](C)(c2cc(-c3cccc(C#N)c3)sc2Cl)N=C(N)N1C. The van der Waals surface area contributed by atoms with Crippen molar-refractivity contribution in [3.8, 4) is 16.5 Å². The van der Waals surface area contributed by atoms with Gasteiger partial charge in [-0.15, -0.1) is 11.3 Å². The van der Waals surface area contributed by atoms with Gasteiger partial charge in [0.2, 0.25) is 5.96 Å². The number of guanidine groups is 1. The van der Waals surface area contributed by atoms with Crippen LogP contribution in [0.15, 0.2) is 35.3 Å². The smallest absolute Gasteiger partial charge is 0.203 e. The zero-order valence-electron chi connectivity index (χ0n) is 13.8. The van der Waals surface area contributed by atoms with Crippen molar-refractivity contribution in [1.82, 2.24) is 4.31 Å². The molecule has 0 fully saturated rings. The molecule has 0 aliphatic carbocycles. The average Bonchev–Trinajstić information content (AvgIpc) is 2.95. The van der Waals surface area contributed by atoms with Crippen LogP contribution in [0.4, 0.5) is 0 Å². The highest BCUT2D eigenvalue weighted by atomic mass is 35.5. The highest BCUT2D eigenvalue weighted by Gasteiger charge is 2.39. The summed E-state index contributed by atoms with van der Waals surface area (Å²) in [5.41, 5.74) is 7.39. The van der Waals surface area contributed by atoms with Gasteiger partial charge in [-0.25, -0.2) is 9.20 Å². The third-order valence-electron chi connectivity index (χ3n) is 4.23. The second-order valence-corrected chi connectivity index (χ2v) is 10.2. The number of aliphatic imine (C=N–C) groups is 1. The third-order valence-corrected chi connectivity index (χ3v) is 7.84. The maximum Gasteiger partial charge on any atom is 0.203 e. The van der Waals surface area contributed by atoms with Crippen molar-refractivity contribution in [2.75, 3.05) is 12.8 Å². The second-order valence-electron chi connectivity index (χ2n) is 6.15. The molecule has 0 saturated heterocycles. The topological polar surface area (TPSA) is 82.5 Å². The maximum absolute atomic E-state index is 12.8.